The largest absolute Gasteiger partial charge is 0.497 e. The lowest BCUT2D eigenvalue weighted by molar-refractivity contribution is -0.123. The van der Waals surface area contributed by atoms with Crippen molar-refractivity contribution in [3.63, 3.8) is 0 Å². The van der Waals surface area contributed by atoms with Gasteiger partial charge in [0.1, 0.15) is 35.3 Å². The van der Waals surface area contributed by atoms with Gasteiger partial charge in [0.05, 0.1) is 7.11 Å². The molecule has 0 saturated heterocycles. The number of methoxy groups -OCH3 is 1. The summed E-state index contributed by atoms with van der Waals surface area (Å²) in [6, 6.07) is 14.4. The summed E-state index contributed by atoms with van der Waals surface area (Å²) < 4.78 is 10.6. The minimum absolute atomic E-state index is 0.0706. The molecule has 0 aliphatic carbocycles. The maximum Gasteiger partial charge on any atom is 0.258 e. The molecule has 0 radical (unpaired) electrons. The Morgan fingerprint density at radius 1 is 0.931 bits per heavy atom. The van der Waals surface area contributed by atoms with E-state index < -0.39 is 0 Å². The number of aromatic nitrogens is 3. The Kier molecular flexibility index (Phi) is 7.16. The first kappa shape index (κ1) is 19.9. The van der Waals surface area contributed by atoms with Crippen molar-refractivity contribution in [1.29, 1.82) is 0 Å². The van der Waals surface area contributed by atoms with Crippen LogP contribution in [0.4, 0.5) is 17.5 Å². The lowest BCUT2D eigenvalue weighted by Crippen LogP contribution is -2.32. The third-order valence-corrected chi connectivity index (χ3v) is 3.75. The van der Waals surface area contributed by atoms with Crippen LogP contribution in [0.3, 0.4) is 0 Å². The average molecular weight is 394 g/mol. The predicted molar refractivity (Wildman–Crippen MR) is 110 cm³/mol. The second kappa shape index (κ2) is 10.5. The van der Waals surface area contributed by atoms with Crippen molar-refractivity contribution < 1.29 is 14.3 Å². The summed E-state index contributed by atoms with van der Waals surface area (Å²) in [6.45, 7) is 0.858. The number of hydrogen-bond acceptors (Lipinski definition) is 8. The third kappa shape index (κ3) is 6.65. The van der Waals surface area contributed by atoms with E-state index >= 15 is 0 Å². The van der Waals surface area contributed by atoms with Gasteiger partial charge < -0.3 is 25.4 Å². The molecule has 0 fully saturated rings. The van der Waals surface area contributed by atoms with Gasteiger partial charge in [-0.3, -0.25) is 4.79 Å². The number of hydrogen-bond donors (Lipinski definition) is 3. The van der Waals surface area contributed by atoms with E-state index in [9.17, 15) is 4.79 Å². The molecule has 0 saturated carbocycles. The Hall–Kier alpha value is -3.88. The molecule has 0 atom stereocenters. The van der Waals surface area contributed by atoms with Crippen LogP contribution >= 0.6 is 0 Å². The Labute approximate surface area is 168 Å². The Morgan fingerprint density at radius 2 is 1.79 bits per heavy atom. The van der Waals surface area contributed by atoms with Gasteiger partial charge in [0.15, 0.2) is 6.61 Å². The summed E-state index contributed by atoms with van der Waals surface area (Å²) in [4.78, 5) is 24.4. The summed E-state index contributed by atoms with van der Waals surface area (Å²) >= 11 is 0. The molecule has 150 valence electrons. The molecule has 1 amide bonds. The van der Waals surface area contributed by atoms with E-state index in [0.29, 0.717) is 42.0 Å². The zero-order valence-electron chi connectivity index (χ0n) is 16.0. The van der Waals surface area contributed by atoms with Crippen LogP contribution in [0.25, 0.3) is 0 Å². The van der Waals surface area contributed by atoms with Crippen molar-refractivity contribution in [1.82, 2.24) is 20.3 Å². The van der Waals surface area contributed by atoms with Crippen molar-refractivity contribution in [2.75, 3.05) is 37.4 Å². The number of anilines is 3. The molecule has 3 rings (SSSR count). The number of ether oxygens (including phenoxy) is 2. The molecule has 1 aromatic carbocycles. The van der Waals surface area contributed by atoms with Gasteiger partial charge in [-0.2, -0.15) is 0 Å². The van der Waals surface area contributed by atoms with E-state index in [2.05, 4.69) is 30.9 Å². The topological polar surface area (TPSA) is 110 Å². The summed E-state index contributed by atoms with van der Waals surface area (Å²) in [7, 11) is 1.58. The van der Waals surface area contributed by atoms with Gasteiger partial charge >= 0.3 is 0 Å². The first-order chi connectivity index (χ1) is 14.2. The molecule has 9 nitrogen and oxygen atoms in total. The van der Waals surface area contributed by atoms with Crippen LogP contribution in [-0.4, -0.2) is 47.7 Å². The highest BCUT2D eigenvalue weighted by atomic mass is 16.5. The number of amides is 1. The number of nitrogens with one attached hydrogen (secondary N) is 3. The molecular formula is C20H22N6O3. The lowest BCUT2D eigenvalue weighted by atomic mass is 10.3. The van der Waals surface area contributed by atoms with Gasteiger partial charge in [0.2, 0.25) is 0 Å². The Balaban J connectivity index is 1.37. The number of pyridine rings is 1. The van der Waals surface area contributed by atoms with Gasteiger partial charge in [-0.15, -0.1) is 0 Å². The summed E-state index contributed by atoms with van der Waals surface area (Å²) in [5, 5.41) is 9.01. The van der Waals surface area contributed by atoms with Crippen molar-refractivity contribution in [2.24, 2.45) is 0 Å². The standard InChI is InChI=1S/C20H22N6O3/c1-28-15-5-4-6-16(11-15)29-13-20(27)23-10-9-22-18-12-19(25-14-24-18)26-17-7-2-3-8-21-17/h2-8,11-12,14H,9-10,13H2,1H3,(H,23,27)(H2,21,22,24,25,26). The maximum absolute atomic E-state index is 11.9. The molecule has 2 heterocycles. The van der Waals surface area contributed by atoms with Crippen LogP contribution in [0, 0.1) is 0 Å². The molecule has 3 N–H and O–H groups in total. The zero-order chi connectivity index (χ0) is 20.3. The molecule has 0 aliphatic rings. The molecule has 0 spiro atoms. The Morgan fingerprint density at radius 3 is 2.62 bits per heavy atom. The van der Waals surface area contributed by atoms with Crippen LogP contribution in [0.2, 0.25) is 0 Å². The smallest absolute Gasteiger partial charge is 0.258 e. The molecule has 2 aromatic heterocycles. The van der Waals surface area contributed by atoms with E-state index in [1.54, 1.807) is 37.6 Å². The summed E-state index contributed by atoms with van der Waals surface area (Å²) in [5.74, 6) is 2.99. The molecule has 29 heavy (non-hydrogen) atoms. The third-order valence-electron chi connectivity index (χ3n) is 3.75. The van der Waals surface area contributed by atoms with Gasteiger partial charge in [0, 0.05) is 31.4 Å². The number of carbonyl (C=O) groups is 1. The quantitative estimate of drug-likeness (QED) is 0.449. The van der Waals surface area contributed by atoms with Crippen LogP contribution in [0.5, 0.6) is 11.5 Å². The van der Waals surface area contributed by atoms with E-state index in [1.165, 1.54) is 6.33 Å². The van der Waals surface area contributed by atoms with Crippen LogP contribution in [0.15, 0.2) is 61.1 Å². The highest BCUT2D eigenvalue weighted by Crippen LogP contribution is 2.18. The molecule has 0 unspecified atom stereocenters. The molecule has 9 heteroatoms. The van der Waals surface area contributed by atoms with Crippen LogP contribution < -0.4 is 25.4 Å². The summed E-state index contributed by atoms with van der Waals surface area (Å²) in [5.41, 5.74) is 0. The first-order valence-electron chi connectivity index (χ1n) is 9.00. The van der Waals surface area contributed by atoms with E-state index in [0.717, 1.165) is 0 Å². The van der Waals surface area contributed by atoms with Gasteiger partial charge in [-0.1, -0.05) is 12.1 Å². The van der Waals surface area contributed by atoms with E-state index in [-0.39, 0.29) is 12.5 Å². The first-order valence-corrected chi connectivity index (χ1v) is 9.00. The highest BCUT2D eigenvalue weighted by molar-refractivity contribution is 5.77. The SMILES string of the molecule is COc1cccc(OCC(=O)NCCNc2cc(Nc3ccccn3)ncn2)c1. The van der Waals surface area contributed by atoms with Crippen LogP contribution in [-0.2, 0) is 4.79 Å². The van der Waals surface area contributed by atoms with Gasteiger partial charge in [-0.25, -0.2) is 15.0 Å². The highest BCUT2D eigenvalue weighted by Gasteiger charge is 2.04. The zero-order valence-corrected chi connectivity index (χ0v) is 16.0. The molecular weight excluding hydrogens is 372 g/mol. The normalized spacial score (nSPS) is 10.1. The number of rotatable bonds is 10. The lowest BCUT2D eigenvalue weighted by Gasteiger charge is -2.10. The second-order valence-corrected chi connectivity index (χ2v) is 5.87. The maximum atomic E-state index is 11.9. The average Bonchev–Trinajstić information content (AvgIpc) is 2.76. The fourth-order valence-electron chi connectivity index (χ4n) is 2.37. The number of nitrogens with zero attached hydrogens (tertiary/aromatic N) is 3. The number of benzene rings is 1. The fourth-order valence-corrected chi connectivity index (χ4v) is 2.37. The van der Waals surface area contributed by atoms with Gasteiger partial charge in [-0.05, 0) is 24.3 Å². The monoisotopic (exact) mass is 394 g/mol. The number of carbonyl (C=O) groups excluding carboxylic acids is 1. The van der Waals surface area contributed by atoms with E-state index in [1.807, 2.05) is 24.3 Å². The van der Waals surface area contributed by atoms with E-state index in [4.69, 9.17) is 9.47 Å². The molecule has 0 aliphatic heterocycles. The minimum Gasteiger partial charge on any atom is -0.497 e. The predicted octanol–water partition coefficient (Wildman–Crippen LogP) is 2.23. The Bertz CT molecular complexity index is 923. The van der Waals surface area contributed by atoms with Crippen molar-refractivity contribution in [3.05, 3.63) is 61.1 Å². The van der Waals surface area contributed by atoms with Crippen LogP contribution in [0.1, 0.15) is 0 Å². The molecule has 3 aromatic rings. The van der Waals surface area contributed by atoms with Crippen molar-refractivity contribution in [3.8, 4) is 11.5 Å². The van der Waals surface area contributed by atoms with Crippen molar-refractivity contribution in [2.45, 2.75) is 0 Å². The minimum atomic E-state index is -0.213. The summed E-state index contributed by atoms with van der Waals surface area (Å²) in [6.07, 6.45) is 3.15. The second-order valence-electron chi connectivity index (χ2n) is 5.87. The molecule has 0 bridgehead atoms. The fraction of sp³-hybridized carbons (Fsp3) is 0.200. The van der Waals surface area contributed by atoms with Gasteiger partial charge in [0.25, 0.3) is 5.91 Å². The van der Waals surface area contributed by atoms with Crippen molar-refractivity contribution >= 4 is 23.4 Å².